The Bertz CT molecular complexity index is 1350. The molecule has 0 saturated heterocycles. The average Bonchev–Trinajstić information content (AvgIpc) is 3.22. The summed E-state index contributed by atoms with van der Waals surface area (Å²) >= 11 is 6.42. The lowest BCUT2D eigenvalue weighted by atomic mass is 10.0. The van der Waals surface area contributed by atoms with E-state index in [2.05, 4.69) is 10.1 Å². The van der Waals surface area contributed by atoms with Crippen molar-refractivity contribution < 1.29 is 24.0 Å². The first-order valence-electron chi connectivity index (χ1n) is 10.4. The zero-order chi connectivity index (χ0) is 24.2. The molecule has 0 fully saturated rings. The number of hydrogen-bond acceptors (Lipinski definition) is 6. The third-order valence-electron chi connectivity index (χ3n) is 5.05. The van der Waals surface area contributed by atoms with Crippen LogP contribution in [0.1, 0.15) is 23.2 Å². The van der Waals surface area contributed by atoms with Gasteiger partial charge in [-0.1, -0.05) is 53.2 Å². The van der Waals surface area contributed by atoms with E-state index in [1.165, 1.54) is 17.2 Å². The first-order valence-corrected chi connectivity index (χ1v) is 10.8. The summed E-state index contributed by atoms with van der Waals surface area (Å²) in [4.78, 5) is 29.5. The molecule has 2 aromatic carbocycles. The molecule has 1 N–H and O–H groups in total. The topological polar surface area (TPSA) is 106 Å². The predicted molar refractivity (Wildman–Crippen MR) is 127 cm³/mol. The van der Waals surface area contributed by atoms with E-state index in [0.717, 1.165) is 11.1 Å². The summed E-state index contributed by atoms with van der Waals surface area (Å²) in [5.41, 5.74) is 3.40. The van der Waals surface area contributed by atoms with Crippen LogP contribution in [-0.4, -0.2) is 33.9 Å². The molecule has 0 atom stereocenters. The van der Waals surface area contributed by atoms with E-state index >= 15 is 0 Å². The number of aromatic carboxylic acids is 1. The molecule has 0 aliphatic heterocycles. The molecule has 0 saturated carbocycles. The summed E-state index contributed by atoms with van der Waals surface area (Å²) < 4.78 is 10.8. The Morgan fingerprint density at radius 2 is 1.82 bits per heavy atom. The second kappa shape index (κ2) is 9.76. The molecule has 0 spiro atoms. The van der Waals surface area contributed by atoms with E-state index < -0.39 is 12.1 Å². The van der Waals surface area contributed by atoms with E-state index in [1.54, 1.807) is 44.2 Å². The lowest BCUT2D eigenvalue weighted by molar-refractivity contribution is 0.0690. The number of amides is 1. The molecule has 0 aliphatic carbocycles. The van der Waals surface area contributed by atoms with Gasteiger partial charge in [0, 0.05) is 17.3 Å². The van der Waals surface area contributed by atoms with E-state index in [9.17, 15) is 9.59 Å². The standard InChI is InChI=1S/C25H20ClN3O5/c1-3-33-25(32)29(21-10-5-4-9-19(21)26)23-15(2)34-28-22(23)17-8-6-7-16(13-17)18-11-12-20(24(30)31)27-14-18/h4-14H,3H2,1-2H3,(H,30,31). The van der Waals surface area contributed by atoms with E-state index in [0.29, 0.717) is 33.4 Å². The van der Waals surface area contributed by atoms with E-state index in [1.807, 2.05) is 24.3 Å². The molecule has 4 rings (SSSR count). The van der Waals surface area contributed by atoms with Crippen LogP contribution in [0.15, 0.2) is 71.4 Å². The maximum absolute atomic E-state index is 13.0. The first kappa shape index (κ1) is 23.0. The highest BCUT2D eigenvalue weighted by atomic mass is 35.5. The highest BCUT2D eigenvalue weighted by Crippen LogP contribution is 2.41. The van der Waals surface area contributed by atoms with Crippen LogP contribution in [0.4, 0.5) is 16.2 Å². The van der Waals surface area contributed by atoms with Gasteiger partial charge in [-0.3, -0.25) is 0 Å². The number of carbonyl (C=O) groups excluding carboxylic acids is 1. The Kier molecular flexibility index (Phi) is 6.60. The molecule has 2 aromatic heterocycles. The second-order valence-electron chi connectivity index (χ2n) is 7.24. The number of rotatable bonds is 6. The van der Waals surface area contributed by atoms with Crippen LogP contribution in [0.5, 0.6) is 0 Å². The van der Waals surface area contributed by atoms with Crippen molar-refractivity contribution in [1.29, 1.82) is 0 Å². The summed E-state index contributed by atoms with van der Waals surface area (Å²) in [5, 5.41) is 13.7. The van der Waals surface area contributed by atoms with Crippen molar-refractivity contribution in [3.8, 4) is 22.4 Å². The summed E-state index contributed by atoms with van der Waals surface area (Å²) in [5.74, 6) is -0.692. The van der Waals surface area contributed by atoms with Gasteiger partial charge < -0.3 is 14.4 Å². The number of para-hydroxylation sites is 1. The van der Waals surface area contributed by atoms with Gasteiger partial charge in [-0.25, -0.2) is 19.5 Å². The van der Waals surface area contributed by atoms with Crippen LogP contribution in [0.3, 0.4) is 0 Å². The molecule has 0 radical (unpaired) electrons. The molecule has 0 bridgehead atoms. The molecule has 8 nitrogen and oxygen atoms in total. The molecule has 1 amide bonds. The summed E-state index contributed by atoms with van der Waals surface area (Å²) in [7, 11) is 0. The minimum Gasteiger partial charge on any atom is -0.477 e. The van der Waals surface area contributed by atoms with Crippen molar-refractivity contribution >= 4 is 35.0 Å². The predicted octanol–water partition coefficient (Wildman–Crippen LogP) is 6.36. The number of carboxylic acid groups (broad SMARTS) is 1. The number of ether oxygens (including phenoxy) is 1. The number of aromatic nitrogens is 2. The SMILES string of the molecule is CCOC(=O)N(c1ccccc1Cl)c1c(-c2cccc(-c3ccc(C(=O)O)nc3)c2)noc1C. The molecule has 0 aliphatic rings. The highest BCUT2D eigenvalue weighted by Gasteiger charge is 2.30. The van der Waals surface area contributed by atoms with E-state index in [-0.39, 0.29) is 12.3 Å². The number of benzene rings is 2. The first-order chi connectivity index (χ1) is 16.4. The van der Waals surface area contributed by atoms with Crippen LogP contribution < -0.4 is 4.90 Å². The second-order valence-corrected chi connectivity index (χ2v) is 7.65. The Hall–Kier alpha value is -4.17. The smallest absolute Gasteiger partial charge is 0.419 e. The summed E-state index contributed by atoms with van der Waals surface area (Å²) in [6.45, 7) is 3.60. The van der Waals surface area contributed by atoms with Gasteiger partial charge in [-0.15, -0.1) is 0 Å². The van der Waals surface area contributed by atoms with Gasteiger partial charge in [0.1, 0.15) is 17.1 Å². The molecule has 4 aromatic rings. The van der Waals surface area contributed by atoms with Gasteiger partial charge in [0.2, 0.25) is 0 Å². The fourth-order valence-corrected chi connectivity index (χ4v) is 3.71. The van der Waals surface area contributed by atoms with Gasteiger partial charge in [-0.2, -0.15) is 0 Å². The molecular weight excluding hydrogens is 458 g/mol. The monoisotopic (exact) mass is 477 g/mol. The summed E-state index contributed by atoms with van der Waals surface area (Å²) in [6.07, 6.45) is 0.874. The van der Waals surface area contributed by atoms with Gasteiger partial charge >= 0.3 is 12.1 Å². The van der Waals surface area contributed by atoms with Crippen molar-refractivity contribution in [3.63, 3.8) is 0 Å². The van der Waals surface area contributed by atoms with Gasteiger partial charge in [0.05, 0.1) is 17.3 Å². The van der Waals surface area contributed by atoms with Crippen LogP contribution in [-0.2, 0) is 4.74 Å². The average molecular weight is 478 g/mol. The van der Waals surface area contributed by atoms with Crippen molar-refractivity contribution in [2.75, 3.05) is 11.5 Å². The Morgan fingerprint density at radius 3 is 2.50 bits per heavy atom. The number of pyridine rings is 1. The fourth-order valence-electron chi connectivity index (χ4n) is 3.49. The lowest BCUT2D eigenvalue weighted by Gasteiger charge is -2.23. The molecule has 2 heterocycles. The molecule has 0 unspecified atom stereocenters. The molecular formula is C25H20ClN3O5. The van der Waals surface area contributed by atoms with Gasteiger partial charge in [-0.05, 0) is 43.7 Å². The quantitative estimate of drug-likeness (QED) is 0.344. The number of halogens is 1. The van der Waals surface area contributed by atoms with Crippen LogP contribution in [0, 0.1) is 6.92 Å². The van der Waals surface area contributed by atoms with Crippen molar-refractivity contribution in [1.82, 2.24) is 10.1 Å². The number of anilines is 2. The van der Waals surface area contributed by atoms with Crippen LogP contribution in [0.25, 0.3) is 22.4 Å². The normalized spacial score (nSPS) is 10.7. The highest BCUT2D eigenvalue weighted by molar-refractivity contribution is 6.34. The van der Waals surface area contributed by atoms with Gasteiger partial charge in [0.25, 0.3) is 0 Å². The molecule has 34 heavy (non-hydrogen) atoms. The fraction of sp³-hybridized carbons (Fsp3) is 0.120. The molecule has 9 heteroatoms. The van der Waals surface area contributed by atoms with Crippen molar-refractivity contribution in [2.45, 2.75) is 13.8 Å². The van der Waals surface area contributed by atoms with Crippen LogP contribution in [0.2, 0.25) is 5.02 Å². The van der Waals surface area contributed by atoms with Crippen molar-refractivity contribution in [3.05, 3.63) is 83.3 Å². The minimum absolute atomic E-state index is 0.0425. The lowest BCUT2D eigenvalue weighted by Crippen LogP contribution is -2.27. The maximum Gasteiger partial charge on any atom is 0.419 e. The van der Waals surface area contributed by atoms with E-state index in [4.69, 9.17) is 26.0 Å². The minimum atomic E-state index is -1.10. The number of hydrogen-bond donors (Lipinski definition) is 1. The third-order valence-corrected chi connectivity index (χ3v) is 5.37. The van der Waals surface area contributed by atoms with Crippen LogP contribution >= 0.6 is 11.6 Å². The number of carboxylic acids is 1. The Morgan fingerprint density at radius 1 is 1.06 bits per heavy atom. The Balaban J connectivity index is 1.82. The molecule has 172 valence electrons. The zero-order valence-corrected chi connectivity index (χ0v) is 19.1. The Labute approximate surface area is 200 Å². The zero-order valence-electron chi connectivity index (χ0n) is 18.4. The number of carbonyl (C=O) groups is 2. The number of nitrogens with zero attached hydrogens (tertiary/aromatic N) is 3. The largest absolute Gasteiger partial charge is 0.477 e. The van der Waals surface area contributed by atoms with Crippen molar-refractivity contribution in [2.24, 2.45) is 0 Å². The van der Waals surface area contributed by atoms with Gasteiger partial charge in [0.15, 0.2) is 5.76 Å². The maximum atomic E-state index is 13.0. The summed E-state index contributed by atoms with van der Waals surface area (Å²) in [6, 6.07) is 17.4. The number of aryl methyl sites for hydroxylation is 1. The third kappa shape index (κ3) is 4.49.